The molecule has 1 unspecified atom stereocenters. The number of aryl methyl sites for hydroxylation is 1. The molecule has 2 aromatic carbocycles. The third-order valence-electron chi connectivity index (χ3n) is 4.43. The number of nitrogens with zero attached hydrogens (tertiary/aromatic N) is 2. The summed E-state index contributed by atoms with van der Waals surface area (Å²) in [5, 5.41) is 3.43. The molecule has 0 spiro atoms. The van der Waals surface area contributed by atoms with Gasteiger partial charge in [-0.25, -0.2) is 4.98 Å². The van der Waals surface area contributed by atoms with Crippen LogP contribution < -0.4 is 5.32 Å². The van der Waals surface area contributed by atoms with Gasteiger partial charge < -0.3 is 10.2 Å². The van der Waals surface area contributed by atoms with E-state index in [2.05, 4.69) is 10.3 Å². The summed E-state index contributed by atoms with van der Waals surface area (Å²) >= 11 is 0. The maximum atomic E-state index is 12.9. The maximum Gasteiger partial charge on any atom is 0.256 e. The molecule has 4 nitrogen and oxygen atoms in total. The molecule has 0 saturated carbocycles. The Hall–Kier alpha value is -3.14. The second kappa shape index (κ2) is 6.40. The number of aromatic nitrogens is 1. The minimum Gasteiger partial charge on any atom is -0.346 e. The van der Waals surface area contributed by atoms with E-state index in [1.165, 1.54) is 0 Å². The van der Waals surface area contributed by atoms with E-state index >= 15 is 0 Å². The zero-order valence-corrected chi connectivity index (χ0v) is 14.0. The number of fused-ring (bicyclic) bond motifs is 1. The van der Waals surface area contributed by atoms with E-state index in [9.17, 15) is 4.79 Å². The molecule has 0 aliphatic carbocycles. The zero-order chi connectivity index (χ0) is 17.2. The van der Waals surface area contributed by atoms with Gasteiger partial charge in [-0.1, -0.05) is 54.6 Å². The van der Waals surface area contributed by atoms with Crippen LogP contribution in [0.15, 0.2) is 72.8 Å². The minimum absolute atomic E-state index is 0.0459. The first kappa shape index (κ1) is 15.4. The fraction of sp³-hybridized carbons (Fsp3) is 0.143. The van der Waals surface area contributed by atoms with Crippen molar-refractivity contribution in [2.24, 2.45) is 0 Å². The molecule has 1 aromatic heterocycles. The van der Waals surface area contributed by atoms with Gasteiger partial charge in [-0.3, -0.25) is 4.79 Å². The number of hydrogen-bond donors (Lipinski definition) is 1. The number of nitrogens with one attached hydrogen (secondary N) is 1. The third kappa shape index (κ3) is 2.98. The van der Waals surface area contributed by atoms with Gasteiger partial charge in [0.05, 0.1) is 0 Å². The summed E-state index contributed by atoms with van der Waals surface area (Å²) in [6, 6.07) is 23.7. The highest BCUT2D eigenvalue weighted by molar-refractivity contribution is 5.99. The minimum atomic E-state index is -0.224. The third-order valence-corrected chi connectivity index (χ3v) is 4.43. The summed E-state index contributed by atoms with van der Waals surface area (Å²) in [5.74, 6) is 0.817. The van der Waals surface area contributed by atoms with Crippen LogP contribution in [0, 0.1) is 6.92 Å². The van der Waals surface area contributed by atoms with E-state index in [1.807, 2.05) is 84.6 Å². The van der Waals surface area contributed by atoms with Crippen molar-refractivity contribution >= 4 is 11.7 Å². The Kier molecular flexibility index (Phi) is 3.94. The smallest absolute Gasteiger partial charge is 0.256 e. The molecule has 0 fully saturated rings. The Morgan fingerprint density at radius 2 is 1.72 bits per heavy atom. The predicted molar refractivity (Wildman–Crippen MR) is 98.1 cm³/mol. The highest BCUT2D eigenvalue weighted by Gasteiger charge is 2.36. The van der Waals surface area contributed by atoms with Crippen molar-refractivity contribution in [1.29, 1.82) is 0 Å². The molecule has 0 saturated heterocycles. The Balaban J connectivity index is 1.70. The summed E-state index contributed by atoms with van der Waals surface area (Å²) in [5.41, 5.74) is 3.79. The molecule has 0 radical (unpaired) electrons. The van der Waals surface area contributed by atoms with Crippen LogP contribution in [0.25, 0.3) is 0 Å². The van der Waals surface area contributed by atoms with Gasteiger partial charge in [0.1, 0.15) is 12.0 Å². The summed E-state index contributed by atoms with van der Waals surface area (Å²) in [6.07, 6.45) is -0.224. The van der Waals surface area contributed by atoms with Gasteiger partial charge in [0.15, 0.2) is 0 Å². The van der Waals surface area contributed by atoms with Gasteiger partial charge >= 0.3 is 0 Å². The molecule has 1 aliphatic heterocycles. The van der Waals surface area contributed by atoms with Crippen molar-refractivity contribution in [3.8, 4) is 0 Å². The topological polar surface area (TPSA) is 45.2 Å². The lowest BCUT2D eigenvalue weighted by atomic mass is 10.1. The summed E-state index contributed by atoms with van der Waals surface area (Å²) in [4.78, 5) is 19.3. The Bertz CT molecular complexity index is 908. The first-order valence-corrected chi connectivity index (χ1v) is 8.36. The van der Waals surface area contributed by atoms with Gasteiger partial charge in [-0.2, -0.15) is 0 Å². The molecular formula is C21H19N3O. The highest BCUT2D eigenvalue weighted by atomic mass is 16.2. The number of anilines is 1. The van der Waals surface area contributed by atoms with E-state index in [1.54, 1.807) is 0 Å². The van der Waals surface area contributed by atoms with Crippen molar-refractivity contribution in [2.45, 2.75) is 19.6 Å². The summed E-state index contributed by atoms with van der Waals surface area (Å²) in [7, 11) is 0. The summed E-state index contributed by atoms with van der Waals surface area (Å²) < 4.78 is 0. The first-order chi connectivity index (χ1) is 12.2. The number of amides is 1. The molecule has 1 aliphatic rings. The molecular weight excluding hydrogens is 310 g/mol. The maximum absolute atomic E-state index is 12.9. The van der Waals surface area contributed by atoms with Crippen LogP contribution in [0.5, 0.6) is 0 Å². The van der Waals surface area contributed by atoms with Gasteiger partial charge in [0.2, 0.25) is 0 Å². The van der Waals surface area contributed by atoms with Crippen LogP contribution in [-0.4, -0.2) is 15.8 Å². The number of carbonyl (C=O) groups excluding carboxylic acids is 1. The van der Waals surface area contributed by atoms with E-state index in [-0.39, 0.29) is 12.1 Å². The molecule has 1 N–H and O–H groups in total. The van der Waals surface area contributed by atoms with Gasteiger partial charge in [-0.15, -0.1) is 0 Å². The fourth-order valence-corrected chi connectivity index (χ4v) is 3.23. The van der Waals surface area contributed by atoms with Crippen LogP contribution in [0.3, 0.4) is 0 Å². The normalized spacial score (nSPS) is 16.0. The van der Waals surface area contributed by atoms with E-state index < -0.39 is 0 Å². The lowest BCUT2D eigenvalue weighted by Gasteiger charge is -2.27. The molecule has 2 heterocycles. The van der Waals surface area contributed by atoms with Gasteiger partial charge in [0, 0.05) is 23.4 Å². The molecule has 124 valence electrons. The highest BCUT2D eigenvalue weighted by Crippen LogP contribution is 2.35. The monoisotopic (exact) mass is 329 g/mol. The van der Waals surface area contributed by atoms with Crippen LogP contribution in [0.4, 0.5) is 5.82 Å². The molecule has 25 heavy (non-hydrogen) atoms. The Morgan fingerprint density at radius 1 is 0.960 bits per heavy atom. The number of rotatable bonds is 4. The van der Waals surface area contributed by atoms with Crippen molar-refractivity contribution in [3.63, 3.8) is 0 Å². The standard InChI is InChI=1S/C21H19N3O/c1-15-8-7-13-19(22-15)23-20-17-11-5-6-12-18(17)21(25)24(20)14-16-9-3-2-4-10-16/h2-13,20H,14H2,1H3,(H,22,23). The van der Waals surface area contributed by atoms with E-state index in [0.717, 1.165) is 28.2 Å². The molecule has 1 amide bonds. The van der Waals surface area contributed by atoms with Crippen LogP contribution >= 0.6 is 0 Å². The fourth-order valence-electron chi connectivity index (χ4n) is 3.23. The van der Waals surface area contributed by atoms with Crippen molar-refractivity contribution in [3.05, 3.63) is 95.2 Å². The van der Waals surface area contributed by atoms with Crippen molar-refractivity contribution in [2.75, 3.05) is 5.32 Å². The largest absolute Gasteiger partial charge is 0.346 e. The van der Waals surface area contributed by atoms with E-state index in [4.69, 9.17) is 0 Å². The van der Waals surface area contributed by atoms with Crippen LogP contribution in [-0.2, 0) is 6.54 Å². The molecule has 3 aromatic rings. The van der Waals surface area contributed by atoms with Crippen molar-refractivity contribution < 1.29 is 4.79 Å². The van der Waals surface area contributed by atoms with Crippen LogP contribution in [0.2, 0.25) is 0 Å². The lowest BCUT2D eigenvalue weighted by molar-refractivity contribution is 0.0728. The average molecular weight is 329 g/mol. The quantitative estimate of drug-likeness (QED) is 0.782. The number of hydrogen-bond acceptors (Lipinski definition) is 3. The second-order valence-corrected chi connectivity index (χ2v) is 6.22. The van der Waals surface area contributed by atoms with Crippen LogP contribution in [0.1, 0.15) is 33.3 Å². The molecule has 1 atom stereocenters. The Morgan fingerprint density at radius 3 is 2.52 bits per heavy atom. The Labute approximate surface area is 147 Å². The average Bonchev–Trinajstić information content (AvgIpc) is 2.89. The number of carbonyl (C=O) groups is 1. The van der Waals surface area contributed by atoms with Gasteiger partial charge in [-0.05, 0) is 30.7 Å². The zero-order valence-electron chi connectivity index (χ0n) is 14.0. The van der Waals surface area contributed by atoms with E-state index in [0.29, 0.717) is 6.54 Å². The number of benzene rings is 2. The SMILES string of the molecule is Cc1cccc(NC2c3ccccc3C(=O)N2Cc2ccccc2)n1. The molecule has 4 rings (SSSR count). The molecule has 4 heteroatoms. The second-order valence-electron chi connectivity index (χ2n) is 6.22. The van der Waals surface area contributed by atoms with Crippen molar-refractivity contribution in [1.82, 2.24) is 9.88 Å². The molecule has 0 bridgehead atoms. The van der Waals surface area contributed by atoms with Gasteiger partial charge in [0.25, 0.3) is 5.91 Å². The lowest BCUT2D eigenvalue weighted by Crippen LogP contribution is -2.32. The summed E-state index contributed by atoms with van der Waals surface area (Å²) in [6.45, 7) is 2.51. The first-order valence-electron chi connectivity index (χ1n) is 8.36. The number of pyridine rings is 1. The predicted octanol–water partition coefficient (Wildman–Crippen LogP) is 4.16.